The Hall–Kier alpha value is -4.94. The summed E-state index contributed by atoms with van der Waals surface area (Å²) in [5.74, 6) is -0.122. The summed E-state index contributed by atoms with van der Waals surface area (Å²) in [5.41, 5.74) is 5.50. The van der Waals surface area contributed by atoms with Gasteiger partial charge in [0.05, 0.1) is 49.0 Å². The van der Waals surface area contributed by atoms with Crippen LogP contribution < -0.4 is 9.80 Å². The number of hydrogen-bond donors (Lipinski definition) is 0. The number of rotatable bonds is 12. The molecule has 0 N–H and O–H groups in total. The number of likely N-dealkylation sites (N-methyl/N-ethyl adjacent to an activating group) is 2. The van der Waals surface area contributed by atoms with E-state index in [1.165, 1.54) is 70.6 Å². The van der Waals surface area contributed by atoms with Gasteiger partial charge in [-0.3, -0.25) is 0 Å². The van der Waals surface area contributed by atoms with E-state index in [1.54, 1.807) is 27.1 Å². The Kier molecular flexibility index (Phi) is 15.1. The molecule has 11 rings (SSSR count). The molecule has 73 heavy (non-hydrogen) atoms. The fourth-order valence-corrected chi connectivity index (χ4v) is 16.1. The van der Waals surface area contributed by atoms with Gasteiger partial charge in [0, 0.05) is 96.3 Å². The van der Waals surface area contributed by atoms with Crippen molar-refractivity contribution >= 4 is 59.1 Å². The SMILES string of the molecule is C[C@H](c1ccc(F)cc1)n1cncc1C1CC12CCN(S(=O)(=O)c1cnc(N3CCN(C)CC3)s1)CC2.C[C@H](c1ccc(F)cc1)n1cncc1C=C1CCN(S(=O)(=O)c2cnc(N3CCN(C)CC3)s2)CC1. The van der Waals surface area contributed by atoms with E-state index in [-0.39, 0.29) is 29.1 Å². The summed E-state index contributed by atoms with van der Waals surface area (Å²) in [6.07, 6.45) is 16.6. The van der Waals surface area contributed by atoms with Gasteiger partial charge < -0.3 is 28.7 Å². The summed E-state index contributed by atoms with van der Waals surface area (Å²) in [6.45, 7) is 13.4. The molecule has 16 nitrogen and oxygen atoms in total. The lowest BCUT2D eigenvalue weighted by molar-refractivity contribution is 0.250. The summed E-state index contributed by atoms with van der Waals surface area (Å²) in [6, 6.07) is 13.2. The first-order chi connectivity index (χ1) is 35.1. The van der Waals surface area contributed by atoms with E-state index in [0.717, 1.165) is 98.7 Å². The summed E-state index contributed by atoms with van der Waals surface area (Å²) in [7, 11) is -2.91. The predicted molar refractivity (Wildman–Crippen MR) is 282 cm³/mol. The van der Waals surface area contributed by atoms with Crippen LogP contribution in [0.5, 0.6) is 0 Å². The van der Waals surface area contributed by atoms with Crippen LogP contribution >= 0.6 is 22.7 Å². The van der Waals surface area contributed by atoms with Crippen molar-refractivity contribution in [2.45, 2.75) is 72.4 Å². The topological polar surface area (TPSA) is 149 Å². The Morgan fingerprint density at radius 3 is 1.56 bits per heavy atom. The van der Waals surface area contributed by atoms with Crippen molar-refractivity contribution in [3.8, 4) is 0 Å². The molecule has 1 spiro atoms. The second-order valence-electron chi connectivity index (χ2n) is 20.1. The molecule has 4 saturated heterocycles. The van der Waals surface area contributed by atoms with Crippen molar-refractivity contribution < 1.29 is 25.6 Å². The number of aromatic nitrogens is 6. The average molecular weight is 1080 g/mol. The highest BCUT2D eigenvalue weighted by molar-refractivity contribution is 7.91. The zero-order valence-corrected chi connectivity index (χ0v) is 45.1. The minimum atomic E-state index is -3.56. The highest BCUT2D eigenvalue weighted by Crippen LogP contribution is 2.65. The number of imidazole rings is 2. The van der Waals surface area contributed by atoms with Gasteiger partial charge in [0.15, 0.2) is 18.7 Å². The maximum absolute atomic E-state index is 13.4. The van der Waals surface area contributed by atoms with Crippen molar-refractivity contribution in [1.82, 2.24) is 47.5 Å². The smallest absolute Gasteiger partial charge is 0.254 e. The first-order valence-corrected chi connectivity index (χ1v) is 29.6. The van der Waals surface area contributed by atoms with Crippen molar-refractivity contribution in [3.63, 3.8) is 0 Å². The molecule has 22 heteroatoms. The van der Waals surface area contributed by atoms with E-state index >= 15 is 0 Å². The quantitative estimate of drug-likeness (QED) is 0.120. The van der Waals surface area contributed by atoms with Crippen molar-refractivity contribution in [3.05, 3.63) is 126 Å². The Balaban J connectivity index is 0.000000168. The van der Waals surface area contributed by atoms with Gasteiger partial charge in [0.25, 0.3) is 20.0 Å². The molecular formula is C51H64F2N12O4S4. The zero-order valence-electron chi connectivity index (χ0n) is 41.8. The largest absolute Gasteiger partial charge is 0.345 e. The molecule has 0 radical (unpaired) electrons. The molecule has 0 amide bonds. The number of nitrogens with zero attached hydrogens (tertiary/aromatic N) is 12. The molecule has 3 atom stereocenters. The van der Waals surface area contributed by atoms with Gasteiger partial charge in [0.2, 0.25) is 0 Å². The molecule has 1 aliphatic carbocycles. The monoisotopic (exact) mass is 1070 g/mol. The number of hydrogen-bond acceptors (Lipinski definition) is 14. The number of anilines is 2. The normalized spacial score (nSPS) is 21.2. The lowest BCUT2D eigenvalue weighted by Crippen LogP contribution is -2.44. The molecule has 5 fully saturated rings. The Morgan fingerprint density at radius 1 is 0.603 bits per heavy atom. The lowest BCUT2D eigenvalue weighted by Gasteiger charge is -2.32. The van der Waals surface area contributed by atoms with Crippen molar-refractivity contribution in [2.75, 3.05) is 102 Å². The average Bonchev–Trinajstić information content (AvgIpc) is 4.08. The number of sulfonamides is 2. The lowest BCUT2D eigenvalue weighted by atomic mass is 9.91. The van der Waals surface area contributed by atoms with Crippen LogP contribution in [0.2, 0.25) is 0 Å². The minimum Gasteiger partial charge on any atom is -0.345 e. The van der Waals surface area contributed by atoms with Gasteiger partial charge in [0.1, 0.15) is 11.6 Å². The third-order valence-corrected chi connectivity index (χ3v) is 22.4. The molecule has 6 aromatic rings. The van der Waals surface area contributed by atoms with Crippen LogP contribution in [0.3, 0.4) is 0 Å². The number of halogens is 2. The molecule has 1 saturated carbocycles. The highest BCUT2D eigenvalue weighted by atomic mass is 32.3. The maximum atomic E-state index is 13.4. The number of benzene rings is 2. The van der Waals surface area contributed by atoms with E-state index in [0.29, 0.717) is 53.4 Å². The van der Waals surface area contributed by atoms with Crippen LogP contribution in [-0.2, 0) is 20.0 Å². The first-order valence-electron chi connectivity index (χ1n) is 25.1. The molecule has 390 valence electrons. The fourth-order valence-electron chi connectivity index (χ4n) is 10.6. The van der Waals surface area contributed by atoms with E-state index in [2.05, 4.69) is 82.7 Å². The van der Waals surface area contributed by atoms with Gasteiger partial charge in [-0.1, -0.05) is 52.5 Å². The standard InChI is InChI=1S/C26H33FN6O2S2.C25H31FN6O2S2/c1-19(20-3-5-21(27)6-4-20)33-18-28-16-23(33)22-15-26(22)7-9-32(10-8-26)37(34,35)24-17-29-25(36-24)31-13-11-30(2)12-14-31;1-19(21-3-5-22(26)6-4-21)32-18-27-16-23(32)15-20-7-9-31(10-8-20)36(33,34)24-17-28-25(35-24)30-13-11-29(2)12-14-30/h3-6,16-19,22H,7-15H2,1-2H3;3-6,15-19H,7-14H2,1-2H3/t19-,22?;19-/m11/s1. The predicted octanol–water partition coefficient (Wildman–Crippen LogP) is 7.51. The Bertz CT molecular complexity index is 3090. The third-order valence-electron chi connectivity index (χ3n) is 15.6. The molecule has 5 aliphatic rings. The molecule has 4 aliphatic heterocycles. The summed E-state index contributed by atoms with van der Waals surface area (Å²) in [5, 5.41) is 1.58. The molecule has 4 aromatic heterocycles. The van der Waals surface area contributed by atoms with Crippen LogP contribution in [0.15, 0.2) is 100.0 Å². The summed E-state index contributed by atoms with van der Waals surface area (Å²) < 4.78 is 88.3. The van der Waals surface area contributed by atoms with E-state index in [1.807, 2.05) is 30.9 Å². The molecule has 0 bridgehead atoms. The molecule has 2 aromatic carbocycles. The van der Waals surface area contributed by atoms with Crippen molar-refractivity contribution in [2.24, 2.45) is 5.41 Å². The van der Waals surface area contributed by atoms with Crippen LogP contribution in [0.1, 0.15) is 86.5 Å². The van der Waals surface area contributed by atoms with Gasteiger partial charge in [-0.05, 0) is 107 Å². The number of piperidine rings is 2. The number of thiazole rings is 2. The molecular weight excluding hydrogens is 1010 g/mol. The highest BCUT2D eigenvalue weighted by Gasteiger charge is 2.57. The van der Waals surface area contributed by atoms with Crippen LogP contribution in [0.25, 0.3) is 6.08 Å². The maximum Gasteiger partial charge on any atom is 0.254 e. The van der Waals surface area contributed by atoms with E-state index in [9.17, 15) is 25.6 Å². The number of piperazine rings is 2. The van der Waals surface area contributed by atoms with Crippen LogP contribution in [0.4, 0.5) is 19.0 Å². The van der Waals surface area contributed by atoms with Crippen LogP contribution in [-0.4, -0.2) is 157 Å². The molecule has 8 heterocycles. The fraction of sp³-hybridized carbons (Fsp3) is 0.490. The van der Waals surface area contributed by atoms with Crippen molar-refractivity contribution in [1.29, 1.82) is 0 Å². The first kappa shape index (κ1) is 51.5. The zero-order chi connectivity index (χ0) is 51.1. The van der Waals surface area contributed by atoms with E-state index < -0.39 is 20.0 Å². The van der Waals surface area contributed by atoms with Gasteiger partial charge in [-0.15, -0.1) is 0 Å². The van der Waals surface area contributed by atoms with Crippen LogP contribution in [0, 0.1) is 17.0 Å². The van der Waals surface area contributed by atoms with Gasteiger partial charge in [-0.25, -0.2) is 45.6 Å². The minimum absolute atomic E-state index is 0.00115. The Labute approximate surface area is 435 Å². The van der Waals surface area contributed by atoms with Gasteiger partial charge >= 0.3 is 0 Å². The van der Waals surface area contributed by atoms with E-state index in [4.69, 9.17) is 0 Å². The third kappa shape index (κ3) is 11.1. The summed E-state index contributed by atoms with van der Waals surface area (Å²) in [4.78, 5) is 26.5. The second kappa shape index (κ2) is 21.4. The van der Waals surface area contributed by atoms with Gasteiger partial charge in [-0.2, -0.15) is 8.61 Å². The summed E-state index contributed by atoms with van der Waals surface area (Å²) >= 11 is 2.56. The second-order valence-corrected chi connectivity index (χ2v) is 26.5. The molecule has 1 unspecified atom stereocenters. The Morgan fingerprint density at radius 2 is 1.05 bits per heavy atom.